The van der Waals surface area contributed by atoms with E-state index in [1.165, 1.54) is 11.6 Å². The van der Waals surface area contributed by atoms with E-state index in [1.807, 2.05) is 18.2 Å². The molecular weight excluding hydrogens is 374 g/mol. The SMILES string of the molecule is Fc1ccc(Br)c(CC(CCl)(CCl)Cc2ccccc2)c1. The van der Waals surface area contributed by atoms with Crippen molar-refractivity contribution in [3.05, 3.63) is 69.9 Å². The number of hydrogen-bond donors (Lipinski definition) is 0. The molecule has 4 heteroatoms. The Bertz CT molecular complexity index is 583. The van der Waals surface area contributed by atoms with Crippen LogP contribution < -0.4 is 0 Å². The number of rotatable bonds is 6. The van der Waals surface area contributed by atoms with Gasteiger partial charge in [0, 0.05) is 21.6 Å². The molecule has 0 nitrogen and oxygen atoms in total. The predicted molar refractivity (Wildman–Crippen MR) is 91.8 cm³/mol. The first-order valence-electron chi connectivity index (χ1n) is 6.68. The number of hydrogen-bond acceptors (Lipinski definition) is 0. The molecule has 21 heavy (non-hydrogen) atoms. The first-order valence-corrected chi connectivity index (χ1v) is 8.54. The molecule has 0 aromatic heterocycles. The molecule has 0 N–H and O–H groups in total. The van der Waals surface area contributed by atoms with Gasteiger partial charge in [-0.2, -0.15) is 0 Å². The fourth-order valence-corrected chi connectivity index (χ4v) is 3.45. The summed E-state index contributed by atoms with van der Waals surface area (Å²) in [7, 11) is 0. The lowest BCUT2D eigenvalue weighted by molar-refractivity contribution is 0.372. The Morgan fingerprint density at radius 2 is 1.62 bits per heavy atom. The molecule has 0 fully saturated rings. The van der Waals surface area contributed by atoms with Crippen LogP contribution in [-0.4, -0.2) is 11.8 Å². The largest absolute Gasteiger partial charge is 0.207 e. The molecule has 0 radical (unpaired) electrons. The van der Waals surface area contributed by atoms with Crippen LogP contribution in [0, 0.1) is 11.2 Å². The van der Waals surface area contributed by atoms with E-state index in [9.17, 15) is 4.39 Å². The van der Waals surface area contributed by atoms with Crippen LogP contribution in [0.15, 0.2) is 53.0 Å². The molecule has 0 atom stereocenters. The Labute approximate surface area is 143 Å². The van der Waals surface area contributed by atoms with Gasteiger partial charge in [-0.15, -0.1) is 23.2 Å². The Balaban J connectivity index is 2.27. The summed E-state index contributed by atoms with van der Waals surface area (Å²) >= 11 is 15.9. The van der Waals surface area contributed by atoms with E-state index in [4.69, 9.17) is 23.2 Å². The third-order valence-electron chi connectivity index (χ3n) is 3.56. The molecule has 0 aliphatic heterocycles. The van der Waals surface area contributed by atoms with Crippen molar-refractivity contribution in [3.63, 3.8) is 0 Å². The van der Waals surface area contributed by atoms with E-state index >= 15 is 0 Å². The summed E-state index contributed by atoms with van der Waals surface area (Å²) in [5.74, 6) is 0.605. The van der Waals surface area contributed by atoms with Gasteiger partial charge >= 0.3 is 0 Å². The van der Waals surface area contributed by atoms with Gasteiger partial charge in [0.2, 0.25) is 0 Å². The lowest BCUT2D eigenvalue weighted by Crippen LogP contribution is -2.31. The molecule has 0 aliphatic carbocycles. The minimum absolute atomic E-state index is 0.244. The molecule has 0 amide bonds. The maximum Gasteiger partial charge on any atom is 0.123 e. The van der Waals surface area contributed by atoms with Crippen molar-refractivity contribution in [1.82, 2.24) is 0 Å². The Hall–Kier alpha value is -0.570. The van der Waals surface area contributed by atoms with Gasteiger partial charge in [0.05, 0.1) is 0 Å². The molecule has 2 aromatic carbocycles. The van der Waals surface area contributed by atoms with Crippen molar-refractivity contribution in [2.24, 2.45) is 5.41 Å². The molecule has 0 saturated heterocycles. The first kappa shape index (κ1) is 16.8. The van der Waals surface area contributed by atoms with Crippen LogP contribution in [0.1, 0.15) is 11.1 Å². The summed E-state index contributed by atoms with van der Waals surface area (Å²) in [4.78, 5) is 0. The minimum atomic E-state index is -0.291. The van der Waals surface area contributed by atoms with E-state index in [-0.39, 0.29) is 11.2 Å². The van der Waals surface area contributed by atoms with Crippen LogP contribution in [0.3, 0.4) is 0 Å². The zero-order valence-electron chi connectivity index (χ0n) is 11.5. The topological polar surface area (TPSA) is 0 Å². The molecule has 0 unspecified atom stereocenters. The van der Waals surface area contributed by atoms with Gasteiger partial charge in [0.15, 0.2) is 0 Å². The van der Waals surface area contributed by atoms with Gasteiger partial charge in [0.25, 0.3) is 0 Å². The second kappa shape index (κ2) is 7.62. The van der Waals surface area contributed by atoms with Crippen LogP contribution in [0.4, 0.5) is 4.39 Å². The zero-order valence-corrected chi connectivity index (χ0v) is 14.6. The minimum Gasteiger partial charge on any atom is -0.207 e. The average molecular weight is 390 g/mol. The van der Waals surface area contributed by atoms with E-state index in [1.54, 1.807) is 12.1 Å². The van der Waals surface area contributed by atoms with Crippen molar-refractivity contribution >= 4 is 39.1 Å². The summed E-state index contributed by atoms with van der Waals surface area (Å²) in [5, 5.41) is 0. The molecule has 0 heterocycles. The van der Waals surface area contributed by atoms with Gasteiger partial charge < -0.3 is 0 Å². The number of alkyl halides is 2. The standard InChI is InChI=1S/C17H16BrCl2F/c18-16-7-6-15(21)8-14(16)10-17(11-19,12-20)9-13-4-2-1-3-5-13/h1-8H,9-12H2. The van der Waals surface area contributed by atoms with Crippen LogP contribution >= 0.6 is 39.1 Å². The molecule has 0 aliphatic rings. The summed E-state index contributed by atoms with van der Waals surface area (Å²) in [6.07, 6.45) is 1.40. The Morgan fingerprint density at radius 3 is 2.24 bits per heavy atom. The highest BCUT2D eigenvalue weighted by atomic mass is 79.9. The quantitative estimate of drug-likeness (QED) is 0.544. The second-order valence-electron chi connectivity index (χ2n) is 5.34. The lowest BCUT2D eigenvalue weighted by atomic mass is 9.80. The zero-order chi connectivity index (χ0) is 15.3. The number of halogens is 4. The maximum atomic E-state index is 13.5. The van der Waals surface area contributed by atoms with E-state index < -0.39 is 0 Å². The molecule has 0 bridgehead atoms. The summed E-state index contributed by atoms with van der Waals surface area (Å²) in [5.41, 5.74) is 1.79. The average Bonchev–Trinajstić information content (AvgIpc) is 2.51. The third kappa shape index (κ3) is 4.45. The molecule has 2 rings (SSSR count). The maximum absolute atomic E-state index is 13.5. The molecule has 0 spiro atoms. The summed E-state index contributed by atoms with van der Waals surface area (Å²) in [6.45, 7) is 0. The van der Waals surface area contributed by atoms with Crippen LogP contribution in [-0.2, 0) is 12.8 Å². The highest BCUT2D eigenvalue weighted by Gasteiger charge is 2.30. The third-order valence-corrected chi connectivity index (χ3v) is 5.47. The van der Waals surface area contributed by atoms with Crippen molar-refractivity contribution in [2.75, 3.05) is 11.8 Å². The van der Waals surface area contributed by atoms with Crippen molar-refractivity contribution < 1.29 is 4.39 Å². The fourth-order valence-electron chi connectivity index (χ4n) is 2.40. The normalized spacial score (nSPS) is 11.6. The lowest BCUT2D eigenvalue weighted by Gasteiger charge is -2.30. The summed E-state index contributed by atoms with van der Waals surface area (Å²) < 4.78 is 14.4. The van der Waals surface area contributed by atoms with Gasteiger partial charge in [-0.05, 0) is 42.2 Å². The van der Waals surface area contributed by atoms with Crippen LogP contribution in [0.2, 0.25) is 0 Å². The van der Waals surface area contributed by atoms with Crippen LogP contribution in [0.5, 0.6) is 0 Å². The van der Waals surface area contributed by atoms with Gasteiger partial charge in [-0.25, -0.2) is 4.39 Å². The summed E-state index contributed by atoms with van der Waals surface area (Å²) in [6, 6.07) is 14.8. The van der Waals surface area contributed by atoms with Crippen molar-refractivity contribution in [1.29, 1.82) is 0 Å². The highest BCUT2D eigenvalue weighted by Crippen LogP contribution is 2.33. The van der Waals surface area contributed by atoms with E-state index in [2.05, 4.69) is 28.1 Å². The monoisotopic (exact) mass is 388 g/mol. The number of benzene rings is 2. The van der Waals surface area contributed by atoms with Crippen molar-refractivity contribution in [2.45, 2.75) is 12.8 Å². The smallest absolute Gasteiger partial charge is 0.123 e. The molecule has 0 saturated carbocycles. The van der Waals surface area contributed by atoms with Gasteiger partial charge in [-0.1, -0.05) is 46.3 Å². The highest BCUT2D eigenvalue weighted by molar-refractivity contribution is 9.10. The first-order chi connectivity index (χ1) is 10.1. The predicted octanol–water partition coefficient (Wildman–Crippen LogP) is 5.84. The Morgan fingerprint density at radius 1 is 0.952 bits per heavy atom. The van der Waals surface area contributed by atoms with Crippen LogP contribution in [0.25, 0.3) is 0 Å². The van der Waals surface area contributed by atoms with Crippen molar-refractivity contribution in [3.8, 4) is 0 Å². The Kier molecular flexibility index (Phi) is 6.09. The fraction of sp³-hybridized carbons (Fsp3) is 0.294. The second-order valence-corrected chi connectivity index (χ2v) is 6.73. The van der Waals surface area contributed by atoms with Gasteiger partial charge in [0.1, 0.15) is 5.82 Å². The van der Waals surface area contributed by atoms with E-state index in [0.29, 0.717) is 18.2 Å². The van der Waals surface area contributed by atoms with E-state index in [0.717, 1.165) is 16.5 Å². The molecule has 112 valence electrons. The molecule has 2 aromatic rings. The molecular formula is C17H16BrCl2F. The van der Waals surface area contributed by atoms with Gasteiger partial charge in [-0.3, -0.25) is 0 Å².